The Labute approximate surface area is 170 Å². The van der Waals surface area contributed by atoms with E-state index in [9.17, 15) is 5.21 Å². The van der Waals surface area contributed by atoms with E-state index in [4.69, 9.17) is 4.42 Å². The van der Waals surface area contributed by atoms with Crippen molar-refractivity contribution in [2.45, 2.75) is 45.7 Å². The van der Waals surface area contributed by atoms with Gasteiger partial charge in [0, 0.05) is 42.6 Å². The number of furan rings is 1. The quantitative estimate of drug-likeness (QED) is 0.573. The molecule has 0 amide bonds. The van der Waals surface area contributed by atoms with Crippen molar-refractivity contribution >= 4 is 22.3 Å². The third kappa shape index (κ3) is 3.87. The lowest BCUT2D eigenvalue weighted by Gasteiger charge is -2.47. The Balaban J connectivity index is 1.51. The highest BCUT2D eigenvalue weighted by Crippen LogP contribution is 2.35. The molecule has 2 atom stereocenters. The zero-order valence-corrected chi connectivity index (χ0v) is 17.7. The number of rotatable bonds is 6. The van der Waals surface area contributed by atoms with E-state index in [1.807, 2.05) is 18.3 Å². The Morgan fingerprint density at radius 3 is 3.04 bits per heavy atom. The van der Waals surface area contributed by atoms with Crippen LogP contribution in [0.1, 0.15) is 38.5 Å². The summed E-state index contributed by atoms with van der Waals surface area (Å²) >= 11 is 1.78. The molecule has 4 rings (SSSR count). The molecule has 0 aliphatic carbocycles. The lowest BCUT2D eigenvalue weighted by Crippen LogP contribution is -2.57. The Morgan fingerprint density at radius 1 is 1.36 bits per heavy atom. The van der Waals surface area contributed by atoms with E-state index in [0.29, 0.717) is 5.92 Å². The van der Waals surface area contributed by atoms with E-state index >= 15 is 0 Å². The summed E-state index contributed by atoms with van der Waals surface area (Å²) in [4.78, 5) is 9.48. The molecule has 1 aliphatic heterocycles. The second-order valence-corrected chi connectivity index (χ2v) is 9.53. The average Bonchev–Trinajstić information content (AvgIpc) is 3.30. The van der Waals surface area contributed by atoms with Gasteiger partial charge in [-0.15, -0.1) is 11.3 Å². The van der Waals surface area contributed by atoms with Gasteiger partial charge in [-0.2, -0.15) is 5.06 Å². The summed E-state index contributed by atoms with van der Waals surface area (Å²) < 4.78 is 5.65. The molecule has 1 aliphatic rings. The van der Waals surface area contributed by atoms with Gasteiger partial charge in [0.05, 0.1) is 16.7 Å². The maximum atomic E-state index is 10.6. The van der Waals surface area contributed by atoms with Crippen molar-refractivity contribution in [2.75, 3.05) is 19.6 Å². The number of aromatic nitrogens is 1. The molecule has 4 heterocycles. The van der Waals surface area contributed by atoms with E-state index in [0.717, 1.165) is 60.6 Å². The molecule has 3 aromatic rings. The molecule has 6 heteroatoms. The number of nitrogens with zero attached hydrogens (tertiary/aromatic N) is 3. The molecule has 0 bridgehead atoms. The number of pyridine rings is 1. The minimum Gasteiger partial charge on any atom is -0.462 e. The Hall–Kier alpha value is -1.73. The fourth-order valence-electron chi connectivity index (χ4n) is 4.54. The van der Waals surface area contributed by atoms with Crippen LogP contribution in [0, 0.1) is 5.92 Å². The summed E-state index contributed by atoms with van der Waals surface area (Å²) in [5, 5.41) is 13.2. The number of hydroxylamine groups is 2. The van der Waals surface area contributed by atoms with Crippen molar-refractivity contribution in [3.05, 3.63) is 41.6 Å². The molecule has 150 valence electrons. The highest BCUT2D eigenvalue weighted by atomic mass is 32.1. The van der Waals surface area contributed by atoms with Crippen LogP contribution >= 0.6 is 11.3 Å². The number of hydrogen-bond acceptors (Lipinski definition) is 6. The molecular formula is C22H29N3O2S. The van der Waals surface area contributed by atoms with Gasteiger partial charge in [-0.05, 0) is 49.9 Å². The largest absolute Gasteiger partial charge is 0.462 e. The van der Waals surface area contributed by atoms with Crippen LogP contribution in [0.2, 0.25) is 0 Å². The summed E-state index contributed by atoms with van der Waals surface area (Å²) in [7, 11) is 0. The number of likely N-dealkylation sites (tertiary alicyclic amines) is 1. The number of thiophene rings is 1. The predicted molar refractivity (Wildman–Crippen MR) is 114 cm³/mol. The van der Waals surface area contributed by atoms with Gasteiger partial charge >= 0.3 is 0 Å². The summed E-state index contributed by atoms with van der Waals surface area (Å²) in [5.74, 6) is 0.559. The zero-order valence-electron chi connectivity index (χ0n) is 16.9. The fourth-order valence-corrected chi connectivity index (χ4v) is 5.58. The van der Waals surface area contributed by atoms with Crippen molar-refractivity contribution in [3.63, 3.8) is 0 Å². The molecule has 0 aromatic carbocycles. The van der Waals surface area contributed by atoms with Crippen molar-refractivity contribution < 1.29 is 9.62 Å². The maximum absolute atomic E-state index is 10.6. The van der Waals surface area contributed by atoms with Gasteiger partial charge < -0.3 is 9.62 Å². The Kier molecular flexibility index (Phi) is 5.56. The predicted octanol–water partition coefficient (Wildman–Crippen LogP) is 5.26. The van der Waals surface area contributed by atoms with Crippen LogP contribution in [-0.2, 0) is 6.54 Å². The Bertz CT molecular complexity index is 937. The first-order valence-corrected chi connectivity index (χ1v) is 10.9. The third-order valence-electron chi connectivity index (χ3n) is 5.62. The SMILES string of the molecule is CCCN(O)[C@@]1(C)CC(C)CN(Cc2ccc(-c3nccc4ccoc34)s2)C1. The van der Waals surface area contributed by atoms with E-state index < -0.39 is 0 Å². The first-order chi connectivity index (χ1) is 13.5. The minimum absolute atomic E-state index is 0.185. The van der Waals surface area contributed by atoms with Crippen LogP contribution in [0.3, 0.4) is 0 Å². The zero-order chi connectivity index (χ0) is 19.7. The topological polar surface area (TPSA) is 52.7 Å². The van der Waals surface area contributed by atoms with Crippen LogP contribution in [0.5, 0.6) is 0 Å². The fraction of sp³-hybridized carbons (Fsp3) is 0.500. The first-order valence-electron chi connectivity index (χ1n) is 10.1. The van der Waals surface area contributed by atoms with E-state index in [-0.39, 0.29) is 5.54 Å². The smallest absolute Gasteiger partial charge is 0.160 e. The molecule has 1 saturated heterocycles. The molecule has 0 saturated carbocycles. The van der Waals surface area contributed by atoms with Gasteiger partial charge in [-0.3, -0.25) is 9.88 Å². The van der Waals surface area contributed by atoms with Gasteiger partial charge in [-0.1, -0.05) is 13.8 Å². The van der Waals surface area contributed by atoms with Gasteiger partial charge in [0.15, 0.2) is 5.58 Å². The number of piperidine rings is 1. The molecule has 5 nitrogen and oxygen atoms in total. The summed E-state index contributed by atoms with van der Waals surface area (Å²) in [6.07, 6.45) is 5.55. The second kappa shape index (κ2) is 7.95. The lowest BCUT2D eigenvalue weighted by atomic mass is 9.84. The highest BCUT2D eigenvalue weighted by molar-refractivity contribution is 7.15. The lowest BCUT2D eigenvalue weighted by molar-refractivity contribution is -0.190. The molecule has 1 N–H and O–H groups in total. The van der Waals surface area contributed by atoms with Crippen molar-refractivity contribution in [1.29, 1.82) is 0 Å². The summed E-state index contributed by atoms with van der Waals surface area (Å²) in [6.45, 7) is 10.1. The number of hydrogen-bond donors (Lipinski definition) is 1. The normalized spacial score (nSPS) is 23.7. The van der Waals surface area contributed by atoms with Crippen LogP contribution in [-0.4, -0.2) is 45.3 Å². The van der Waals surface area contributed by atoms with E-state index in [2.05, 4.69) is 42.8 Å². The molecule has 0 spiro atoms. The van der Waals surface area contributed by atoms with Crippen LogP contribution in [0.15, 0.2) is 41.1 Å². The molecule has 1 fully saturated rings. The van der Waals surface area contributed by atoms with Crippen LogP contribution in [0.4, 0.5) is 0 Å². The van der Waals surface area contributed by atoms with Crippen molar-refractivity contribution in [2.24, 2.45) is 5.92 Å². The van der Waals surface area contributed by atoms with E-state index in [1.165, 1.54) is 4.88 Å². The summed E-state index contributed by atoms with van der Waals surface area (Å²) in [5.41, 5.74) is 1.58. The summed E-state index contributed by atoms with van der Waals surface area (Å²) in [6, 6.07) is 8.29. The highest BCUT2D eigenvalue weighted by Gasteiger charge is 2.38. The van der Waals surface area contributed by atoms with Crippen LogP contribution in [0.25, 0.3) is 21.5 Å². The Morgan fingerprint density at radius 2 is 2.21 bits per heavy atom. The van der Waals surface area contributed by atoms with Gasteiger partial charge in [0.2, 0.25) is 0 Å². The molecule has 28 heavy (non-hydrogen) atoms. The van der Waals surface area contributed by atoms with E-state index in [1.54, 1.807) is 22.7 Å². The standard InChI is InChI=1S/C22H29N3O2S/c1-4-10-25(26)22(3)12-16(2)13-24(15-22)14-18-5-6-19(28-18)20-21-17(7-9-23-20)8-11-27-21/h5-9,11,16,26H,4,10,12-15H2,1-3H3/t16?,22-/m0/s1. The first kappa shape index (κ1) is 19.6. The van der Waals surface area contributed by atoms with Gasteiger partial charge in [-0.25, -0.2) is 0 Å². The monoisotopic (exact) mass is 399 g/mol. The van der Waals surface area contributed by atoms with Gasteiger partial charge in [0.25, 0.3) is 0 Å². The molecule has 1 unspecified atom stereocenters. The molecular weight excluding hydrogens is 370 g/mol. The van der Waals surface area contributed by atoms with Crippen molar-refractivity contribution in [1.82, 2.24) is 14.9 Å². The van der Waals surface area contributed by atoms with Crippen molar-refractivity contribution in [3.8, 4) is 10.6 Å². The minimum atomic E-state index is -0.185. The second-order valence-electron chi connectivity index (χ2n) is 8.36. The molecule has 3 aromatic heterocycles. The molecule has 0 radical (unpaired) electrons. The third-order valence-corrected chi connectivity index (χ3v) is 6.70. The average molecular weight is 400 g/mol. The van der Waals surface area contributed by atoms with Crippen LogP contribution < -0.4 is 0 Å². The number of fused-ring (bicyclic) bond motifs is 1. The van der Waals surface area contributed by atoms with Gasteiger partial charge in [0.1, 0.15) is 5.69 Å². The maximum Gasteiger partial charge on any atom is 0.160 e.